The van der Waals surface area contributed by atoms with Gasteiger partial charge in [-0.15, -0.1) is 0 Å². The highest BCUT2D eigenvalue weighted by atomic mass is 16.4. The zero-order chi connectivity index (χ0) is 13.6. The summed E-state index contributed by atoms with van der Waals surface area (Å²) < 4.78 is 0. The summed E-state index contributed by atoms with van der Waals surface area (Å²) in [5.74, 6) is -1.37. The van der Waals surface area contributed by atoms with Crippen LogP contribution in [0.3, 0.4) is 0 Å². The minimum Gasteiger partial charge on any atom is -0.480 e. The number of carbonyl (C=O) groups excluding carboxylic acids is 1. The van der Waals surface area contributed by atoms with Crippen LogP contribution in [0.25, 0.3) is 0 Å². The van der Waals surface area contributed by atoms with Crippen LogP contribution in [0.4, 0.5) is 0 Å². The van der Waals surface area contributed by atoms with Crippen LogP contribution in [0.5, 0.6) is 0 Å². The molecule has 0 saturated carbocycles. The highest BCUT2D eigenvalue weighted by molar-refractivity contribution is 5.86. The maximum absolute atomic E-state index is 11.9. The number of carbonyl (C=O) groups is 2. The van der Waals surface area contributed by atoms with E-state index in [9.17, 15) is 9.59 Å². The normalized spacial score (nSPS) is 13.5. The van der Waals surface area contributed by atoms with Crippen LogP contribution in [-0.4, -0.2) is 59.8 Å². The van der Waals surface area contributed by atoms with E-state index < -0.39 is 17.4 Å². The predicted octanol–water partition coefficient (Wildman–Crippen LogP) is -0.474. The summed E-state index contributed by atoms with van der Waals surface area (Å²) in [6.45, 7) is 5.86. The van der Waals surface area contributed by atoms with Gasteiger partial charge in [0.1, 0.15) is 6.04 Å². The van der Waals surface area contributed by atoms with Crippen LogP contribution in [0.1, 0.15) is 20.8 Å². The monoisotopic (exact) mass is 246 g/mol. The van der Waals surface area contributed by atoms with Crippen molar-refractivity contribution in [2.24, 2.45) is 5.41 Å². The van der Waals surface area contributed by atoms with Gasteiger partial charge in [-0.25, -0.2) is 0 Å². The van der Waals surface area contributed by atoms with Gasteiger partial charge in [-0.2, -0.15) is 0 Å². The Hall–Kier alpha value is -1.14. The summed E-state index contributed by atoms with van der Waals surface area (Å²) in [6, 6.07) is -0.898. The number of aliphatic hydroxyl groups is 1. The van der Waals surface area contributed by atoms with Crippen LogP contribution in [0.15, 0.2) is 0 Å². The molecular weight excluding hydrogens is 224 g/mol. The Morgan fingerprint density at radius 3 is 2.35 bits per heavy atom. The standard InChI is InChI=1S/C11H22N2O4/c1-8(9(15)16)12-10(17)11(2,3)7-13(4)5-6-14/h8,14H,5-7H2,1-4H3,(H,12,17)(H,15,16). The first-order valence-corrected chi connectivity index (χ1v) is 5.54. The second-order valence-corrected chi connectivity index (χ2v) is 4.88. The van der Waals surface area contributed by atoms with Crippen LogP contribution in [0.2, 0.25) is 0 Å². The molecule has 0 radical (unpaired) electrons. The highest BCUT2D eigenvalue weighted by Crippen LogP contribution is 2.16. The fraction of sp³-hybridized carbons (Fsp3) is 0.818. The smallest absolute Gasteiger partial charge is 0.325 e. The third-order valence-electron chi connectivity index (χ3n) is 2.48. The number of aliphatic hydroxyl groups excluding tert-OH is 1. The lowest BCUT2D eigenvalue weighted by atomic mass is 9.91. The van der Waals surface area contributed by atoms with E-state index in [2.05, 4.69) is 5.32 Å². The average Bonchev–Trinajstić information content (AvgIpc) is 2.16. The van der Waals surface area contributed by atoms with Crippen molar-refractivity contribution in [3.8, 4) is 0 Å². The molecule has 0 aliphatic heterocycles. The minimum atomic E-state index is -1.06. The molecule has 0 aromatic rings. The van der Waals surface area contributed by atoms with Gasteiger partial charge >= 0.3 is 5.97 Å². The number of nitrogens with zero attached hydrogens (tertiary/aromatic N) is 1. The molecule has 0 aromatic carbocycles. The van der Waals surface area contributed by atoms with Crippen molar-refractivity contribution in [3.63, 3.8) is 0 Å². The second-order valence-electron chi connectivity index (χ2n) is 4.88. The van der Waals surface area contributed by atoms with Crippen LogP contribution < -0.4 is 5.32 Å². The molecular formula is C11H22N2O4. The van der Waals surface area contributed by atoms with Gasteiger partial charge in [0.15, 0.2) is 0 Å². The van der Waals surface area contributed by atoms with Gasteiger partial charge < -0.3 is 20.4 Å². The fourth-order valence-electron chi connectivity index (χ4n) is 1.45. The SMILES string of the molecule is CC(NC(=O)C(C)(C)CN(C)CCO)C(=O)O. The van der Waals surface area contributed by atoms with E-state index >= 15 is 0 Å². The Bertz CT molecular complexity index is 279. The van der Waals surface area contributed by atoms with Gasteiger partial charge in [0, 0.05) is 13.1 Å². The number of hydrogen-bond acceptors (Lipinski definition) is 4. The molecule has 0 spiro atoms. The number of carboxylic acids is 1. The van der Waals surface area contributed by atoms with Gasteiger partial charge in [-0.3, -0.25) is 9.59 Å². The average molecular weight is 246 g/mol. The van der Waals surface area contributed by atoms with Gasteiger partial charge in [0.05, 0.1) is 12.0 Å². The van der Waals surface area contributed by atoms with Crippen LogP contribution >= 0.6 is 0 Å². The Morgan fingerprint density at radius 1 is 1.41 bits per heavy atom. The van der Waals surface area contributed by atoms with Crippen molar-refractivity contribution >= 4 is 11.9 Å². The first kappa shape index (κ1) is 15.9. The third kappa shape index (κ3) is 5.65. The Balaban J connectivity index is 4.38. The first-order chi connectivity index (χ1) is 7.70. The highest BCUT2D eigenvalue weighted by Gasteiger charge is 2.30. The number of nitrogens with one attached hydrogen (secondary N) is 1. The minimum absolute atomic E-state index is 0.0275. The van der Waals surface area contributed by atoms with Crippen molar-refractivity contribution in [2.45, 2.75) is 26.8 Å². The Kier molecular flexibility index (Phi) is 6.12. The second kappa shape index (κ2) is 6.56. The maximum atomic E-state index is 11.9. The summed E-state index contributed by atoms with van der Waals surface area (Å²) >= 11 is 0. The molecule has 0 aromatic heterocycles. The van der Waals surface area contributed by atoms with E-state index in [1.165, 1.54) is 6.92 Å². The molecule has 1 amide bonds. The van der Waals surface area contributed by atoms with E-state index in [1.54, 1.807) is 20.9 Å². The number of likely N-dealkylation sites (N-methyl/N-ethyl adjacent to an activating group) is 1. The molecule has 0 rings (SSSR count). The third-order valence-corrected chi connectivity index (χ3v) is 2.48. The van der Waals surface area contributed by atoms with E-state index in [1.807, 2.05) is 4.90 Å². The van der Waals surface area contributed by atoms with Crippen molar-refractivity contribution in [2.75, 3.05) is 26.7 Å². The summed E-state index contributed by atoms with van der Waals surface area (Å²) in [5, 5.41) is 19.9. The summed E-state index contributed by atoms with van der Waals surface area (Å²) in [7, 11) is 1.80. The molecule has 100 valence electrons. The van der Waals surface area contributed by atoms with E-state index in [0.29, 0.717) is 13.1 Å². The topological polar surface area (TPSA) is 89.9 Å². The fourth-order valence-corrected chi connectivity index (χ4v) is 1.45. The van der Waals surface area contributed by atoms with Gasteiger partial charge in [-0.05, 0) is 27.8 Å². The van der Waals surface area contributed by atoms with Gasteiger partial charge in [0.25, 0.3) is 0 Å². The molecule has 6 heteroatoms. The van der Waals surface area contributed by atoms with E-state index in [4.69, 9.17) is 10.2 Å². The van der Waals surface area contributed by atoms with Crippen molar-refractivity contribution in [3.05, 3.63) is 0 Å². The molecule has 17 heavy (non-hydrogen) atoms. The number of aliphatic carboxylic acids is 1. The molecule has 3 N–H and O–H groups in total. The number of carboxylic acid groups (broad SMARTS) is 1. The molecule has 1 unspecified atom stereocenters. The van der Waals surface area contributed by atoms with Crippen LogP contribution in [-0.2, 0) is 9.59 Å². The molecule has 0 aliphatic rings. The van der Waals surface area contributed by atoms with Crippen molar-refractivity contribution in [1.29, 1.82) is 0 Å². The molecule has 1 atom stereocenters. The number of hydrogen-bond donors (Lipinski definition) is 3. The Morgan fingerprint density at radius 2 is 1.94 bits per heavy atom. The lowest BCUT2D eigenvalue weighted by molar-refractivity contribution is -0.143. The lowest BCUT2D eigenvalue weighted by Crippen LogP contribution is -2.49. The van der Waals surface area contributed by atoms with Crippen LogP contribution in [0, 0.1) is 5.41 Å². The zero-order valence-corrected chi connectivity index (χ0v) is 10.9. The van der Waals surface area contributed by atoms with Crippen molar-refractivity contribution in [1.82, 2.24) is 10.2 Å². The molecule has 0 fully saturated rings. The predicted molar refractivity (Wildman–Crippen MR) is 63.6 cm³/mol. The molecule has 6 nitrogen and oxygen atoms in total. The van der Waals surface area contributed by atoms with Gasteiger partial charge in [0.2, 0.25) is 5.91 Å². The Labute approximate surface area is 102 Å². The summed E-state index contributed by atoms with van der Waals surface area (Å²) in [5.41, 5.74) is -0.701. The molecule has 0 heterocycles. The van der Waals surface area contributed by atoms with Gasteiger partial charge in [-0.1, -0.05) is 0 Å². The van der Waals surface area contributed by atoms with E-state index in [0.717, 1.165) is 0 Å². The number of rotatable bonds is 7. The van der Waals surface area contributed by atoms with E-state index in [-0.39, 0.29) is 12.5 Å². The summed E-state index contributed by atoms with van der Waals surface area (Å²) in [6.07, 6.45) is 0. The number of amides is 1. The molecule has 0 aliphatic carbocycles. The zero-order valence-electron chi connectivity index (χ0n) is 10.9. The molecule has 0 bridgehead atoms. The first-order valence-electron chi connectivity index (χ1n) is 5.54. The van der Waals surface area contributed by atoms with Crippen molar-refractivity contribution < 1.29 is 19.8 Å². The largest absolute Gasteiger partial charge is 0.480 e. The lowest BCUT2D eigenvalue weighted by Gasteiger charge is -2.29. The maximum Gasteiger partial charge on any atom is 0.325 e. The quantitative estimate of drug-likeness (QED) is 0.565. The molecule has 0 saturated heterocycles. The summed E-state index contributed by atoms with van der Waals surface area (Å²) in [4.78, 5) is 24.3.